The van der Waals surface area contributed by atoms with Crippen LogP contribution in [0.1, 0.15) is 0 Å². The third-order valence-corrected chi connectivity index (χ3v) is 23.0. The van der Waals surface area contributed by atoms with Gasteiger partial charge < -0.3 is 30.4 Å². The van der Waals surface area contributed by atoms with Crippen molar-refractivity contribution in [3.05, 3.63) is 12.3 Å². The van der Waals surface area contributed by atoms with E-state index < -0.39 is 41.4 Å². The summed E-state index contributed by atoms with van der Waals surface area (Å²) in [7, 11) is -9.96. The van der Waals surface area contributed by atoms with Crippen molar-refractivity contribution >= 4 is 41.4 Å². The second-order valence-corrected chi connectivity index (χ2v) is 24.1. The summed E-state index contributed by atoms with van der Waals surface area (Å²) in [5, 5.41) is 0. The van der Waals surface area contributed by atoms with Gasteiger partial charge in [0.25, 0.3) is 0 Å². The summed E-state index contributed by atoms with van der Waals surface area (Å²) in [6, 6.07) is 0. The molecule has 0 aliphatic carbocycles. The van der Waals surface area contributed by atoms with Crippen molar-refractivity contribution in [3.8, 4) is 0 Å². The van der Waals surface area contributed by atoms with Gasteiger partial charge in [-0.25, -0.2) is 0 Å². The molecule has 0 N–H and O–H groups in total. The van der Waals surface area contributed by atoms with Crippen molar-refractivity contribution in [2.45, 2.75) is 26.2 Å². The van der Waals surface area contributed by atoms with Gasteiger partial charge in [0.2, 0.25) is 8.32 Å². The molecule has 12 heteroatoms. The SMILES string of the molecule is C=C[Si](C)(C)O[Si](C)(C)O[Si](=O)[Si](=O)[Si](OC)(OC)OC. The Morgan fingerprint density at radius 2 is 1.38 bits per heavy atom. The van der Waals surface area contributed by atoms with Gasteiger partial charge in [-0.1, -0.05) is 5.70 Å². The van der Waals surface area contributed by atoms with Crippen LogP contribution in [0.25, 0.3) is 0 Å². The summed E-state index contributed by atoms with van der Waals surface area (Å²) in [6.07, 6.45) is 0. The monoisotopic (exact) mass is 384 g/mol. The van der Waals surface area contributed by atoms with Crippen molar-refractivity contribution in [1.29, 1.82) is 0 Å². The molecule has 0 amide bonds. The van der Waals surface area contributed by atoms with Crippen molar-refractivity contribution in [1.82, 2.24) is 0 Å². The van der Waals surface area contributed by atoms with Gasteiger partial charge in [0.1, 0.15) is 0 Å². The fourth-order valence-electron chi connectivity index (χ4n) is 1.62. The van der Waals surface area contributed by atoms with Gasteiger partial charge in [0.15, 0.2) is 0 Å². The molecule has 0 aromatic heterocycles. The van der Waals surface area contributed by atoms with E-state index in [1.165, 1.54) is 21.3 Å². The smallest absolute Gasteiger partial charge is 0.548 e. The maximum atomic E-state index is 12.4. The minimum atomic E-state index is -3.44. The number of hydrogen-bond donors (Lipinski definition) is 0. The quantitative estimate of drug-likeness (QED) is 0.520. The zero-order chi connectivity index (χ0) is 16.9. The highest BCUT2D eigenvalue weighted by atomic mass is 29.6. The van der Waals surface area contributed by atoms with Gasteiger partial charge in [-0.05, 0) is 26.2 Å². The first-order valence-electron chi connectivity index (χ1n) is 6.26. The van der Waals surface area contributed by atoms with Crippen LogP contribution in [0.4, 0.5) is 0 Å². The molecule has 122 valence electrons. The molecule has 0 aliphatic rings. The predicted octanol–water partition coefficient (Wildman–Crippen LogP) is 1.03. The summed E-state index contributed by atoms with van der Waals surface area (Å²) >= 11 is 0. The highest BCUT2D eigenvalue weighted by molar-refractivity contribution is 7.41. The maximum Gasteiger partial charge on any atom is 0.548 e. The lowest BCUT2D eigenvalue weighted by atomic mass is 11.3. The number of rotatable bonds is 10. The second-order valence-electron chi connectivity index (χ2n) is 5.20. The Kier molecular flexibility index (Phi) is 8.09. The Morgan fingerprint density at radius 3 is 1.71 bits per heavy atom. The lowest BCUT2D eigenvalue weighted by Gasteiger charge is -2.31. The first kappa shape index (κ1) is 21.1. The molecule has 0 saturated heterocycles. The molecule has 7 nitrogen and oxygen atoms in total. The van der Waals surface area contributed by atoms with Crippen LogP contribution in [0.5, 0.6) is 0 Å². The zero-order valence-corrected chi connectivity index (χ0v) is 18.6. The van der Waals surface area contributed by atoms with E-state index in [1.807, 2.05) is 13.1 Å². The molecule has 0 spiro atoms. The number of hydrogen-bond acceptors (Lipinski definition) is 7. The highest BCUT2D eigenvalue weighted by Gasteiger charge is 2.57. The van der Waals surface area contributed by atoms with Gasteiger partial charge >= 0.3 is 33.0 Å². The lowest BCUT2D eigenvalue weighted by molar-refractivity contribution is 0.145. The largest absolute Gasteiger partial charge is 0.558 e. The lowest BCUT2D eigenvalue weighted by Crippen LogP contribution is -2.60. The van der Waals surface area contributed by atoms with Gasteiger partial charge in [-0.15, -0.1) is 6.58 Å². The van der Waals surface area contributed by atoms with E-state index >= 15 is 0 Å². The molecule has 21 heavy (non-hydrogen) atoms. The summed E-state index contributed by atoms with van der Waals surface area (Å²) in [6.45, 7) is 11.2. The van der Waals surface area contributed by atoms with Crippen LogP contribution in [0, 0.1) is 0 Å². The Hall–Kier alpha value is 0.0644. The Labute approximate surface area is 132 Å². The molecule has 0 radical (unpaired) electrons. The van der Waals surface area contributed by atoms with Gasteiger partial charge in [-0.2, -0.15) is 0 Å². The standard InChI is InChI=1S/C9H24O7Si5/c1-9-19(5,6)16-20(7,8)15-17(10)18(11)21(12-2,13-3)14-4/h9H,1H2,2-8H3. The average Bonchev–Trinajstić information content (AvgIpc) is 2.39. The van der Waals surface area contributed by atoms with E-state index in [9.17, 15) is 8.92 Å². The fourth-order valence-corrected chi connectivity index (χ4v) is 22.9. The van der Waals surface area contributed by atoms with Crippen LogP contribution in [0.2, 0.25) is 26.2 Å². The summed E-state index contributed by atoms with van der Waals surface area (Å²) < 4.78 is 51.5. The van der Waals surface area contributed by atoms with E-state index in [0.717, 1.165) is 0 Å². The van der Waals surface area contributed by atoms with Crippen molar-refractivity contribution in [3.63, 3.8) is 0 Å². The van der Waals surface area contributed by atoms with Crippen LogP contribution >= 0.6 is 0 Å². The normalized spacial score (nSPS) is 12.9. The molecular weight excluding hydrogens is 361 g/mol. The second kappa shape index (κ2) is 8.07. The van der Waals surface area contributed by atoms with Crippen molar-refractivity contribution in [2.75, 3.05) is 21.3 Å². The molecular formula is C9H24O7Si5. The maximum absolute atomic E-state index is 12.4. The molecule has 0 aromatic carbocycles. The van der Waals surface area contributed by atoms with Gasteiger partial charge in [-0.3, -0.25) is 0 Å². The van der Waals surface area contributed by atoms with E-state index in [0.29, 0.717) is 0 Å². The zero-order valence-electron chi connectivity index (χ0n) is 13.6. The predicted molar refractivity (Wildman–Crippen MR) is 87.0 cm³/mol. The molecule has 0 saturated carbocycles. The van der Waals surface area contributed by atoms with Gasteiger partial charge in [0, 0.05) is 21.3 Å². The molecule has 0 atom stereocenters. The average molecular weight is 385 g/mol. The van der Waals surface area contributed by atoms with E-state index in [4.69, 9.17) is 21.5 Å². The minimum Gasteiger partial charge on any atom is -0.558 e. The fraction of sp³-hybridized carbons (Fsp3) is 0.778. The van der Waals surface area contributed by atoms with E-state index in [-0.39, 0.29) is 0 Å². The third kappa shape index (κ3) is 5.99. The van der Waals surface area contributed by atoms with Gasteiger partial charge in [0.05, 0.1) is 0 Å². The highest BCUT2D eigenvalue weighted by Crippen LogP contribution is 2.17. The molecule has 0 bridgehead atoms. The molecule has 0 rings (SSSR count). The summed E-state index contributed by atoms with van der Waals surface area (Å²) in [5.74, 6) is 0. The van der Waals surface area contributed by atoms with Crippen LogP contribution in [-0.2, 0) is 30.4 Å². The van der Waals surface area contributed by atoms with Crippen LogP contribution < -0.4 is 0 Å². The minimum absolute atomic E-state index is 1.32. The Balaban J connectivity index is 5.04. The van der Waals surface area contributed by atoms with Crippen LogP contribution in [-0.4, -0.2) is 62.7 Å². The van der Waals surface area contributed by atoms with E-state index in [2.05, 4.69) is 6.58 Å². The molecule has 0 unspecified atom stereocenters. The first-order valence-corrected chi connectivity index (χ1v) is 18.5. The van der Waals surface area contributed by atoms with Crippen LogP contribution in [0.3, 0.4) is 0 Å². The van der Waals surface area contributed by atoms with Crippen molar-refractivity contribution < 1.29 is 30.4 Å². The van der Waals surface area contributed by atoms with Crippen LogP contribution in [0.15, 0.2) is 12.3 Å². The third-order valence-electron chi connectivity index (χ3n) is 2.61. The van der Waals surface area contributed by atoms with E-state index in [1.54, 1.807) is 18.8 Å². The summed E-state index contributed by atoms with van der Waals surface area (Å²) in [4.78, 5) is 0. The molecule has 0 aliphatic heterocycles. The first-order chi connectivity index (χ1) is 9.49. The molecule has 0 fully saturated rings. The topological polar surface area (TPSA) is 80.3 Å². The summed E-state index contributed by atoms with van der Waals surface area (Å²) in [5.41, 5.74) is 1.77. The Bertz CT molecular complexity index is 399. The molecule has 0 heterocycles. The Morgan fingerprint density at radius 1 is 0.952 bits per heavy atom. The molecule has 0 aromatic rings. The van der Waals surface area contributed by atoms with Crippen molar-refractivity contribution in [2.24, 2.45) is 0 Å².